The van der Waals surface area contributed by atoms with Crippen molar-refractivity contribution >= 4 is 0 Å². The van der Waals surface area contributed by atoms with Gasteiger partial charge >= 0.3 is 0 Å². The van der Waals surface area contributed by atoms with Gasteiger partial charge < -0.3 is 19.7 Å². The Labute approximate surface area is 234 Å². The molecule has 214 valence electrons. The molecule has 0 aromatic carbocycles. The number of rotatable bonds is 9. The zero-order valence-electron chi connectivity index (χ0n) is 24.1. The lowest BCUT2D eigenvalue weighted by Crippen LogP contribution is -2.35. The Bertz CT molecular complexity index is 1130. The highest BCUT2D eigenvalue weighted by molar-refractivity contribution is 5.38. The van der Waals surface area contributed by atoms with E-state index in [1.807, 2.05) is 6.08 Å². The van der Waals surface area contributed by atoms with Gasteiger partial charge in [-0.1, -0.05) is 63.6 Å². The van der Waals surface area contributed by atoms with Gasteiger partial charge in [0.25, 0.3) is 0 Å². The number of unbranched alkanes of at least 4 members (excludes halogenated alkanes) is 1. The first-order valence-electron chi connectivity index (χ1n) is 15.3. The summed E-state index contributed by atoms with van der Waals surface area (Å²) in [6.45, 7) is 11.0. The smallest absolute Gasteiger partial charge is 0.225 e. The summed E-state index contributed by atoms with van der Waals surface area (Å²) in [6, 6.07) is 0. The van der Waals surface area contributed by atoms with Crippen LogP contribution in [0.1, 0.15) is 103 Å². The molecule has 6 heteroatoms. The zero-order chi connectivity index (χ0) is 27.8. The first-order valence-corrected chi connectivity index (χ1v) is 15.3. The van der Waals surface area contributed by atoms with Crippen LogP contribution in [0.2, 0.25) is 0 Å². The zero-order valence-corrected chi connectivity index (χ0v) is 24.1. The van der Waals surface area contributed by atoms with Crippen molar-refractivity contribution in [1.82, 2.24) is 10.2 Å². The van der Waals surface area contributed by atoms with Gasteiger partial charge in [0.15, 0.2) is 0 Å². The van der Waals surface area contributed by atoms with Gasteiger partial charge in [0.2, 0.25) is 11.8 Å². The molecular weight excluding hydrogens is 488 g/mol. The summed E-state index contributed by atoms with van der Waals surface area (Å²) in [5.41, 5.74) is 3.06. The molecule has 4 saturated carbocycles. The van der Waals surface area contributed by atoms with Gasteiger partial charge in [0.1, 0.15) is 0 Å². The van der Waals surface area contributed by atoms with E-state index in [2.05, 4.69) is 55.8 Å². The summed E-state index contributed by atoms with van der Waals surface area (Å²) in [6.07, 6.45) is 18.4. The number of aromatic nitrogens is 2. The lowest BCUT2D eigenvalue weighted by Gasteiger charge is -2.44. The summed E-state index contributed by atoms with van der Waals surface area (Å²) in [4.78, 5) is 0. The van der Waals surface area contributed by atoms with Crippen LogP contribution < -0.4 is 0 Å². The van der Waals surface area contributed by atoms with E-state index in [1.54, 1.807) is 0 Å². The molecule has 0 bridgehead atoms. The fourth-order valence-electron chi connectivity index (χ4n) is 7.86. The maximum atomic E-state index is 11.2. The fourth-order valence-corrected chi connectivity index (χ4v) is 7.86. The molecular formula is C33H48N2O4. The van der Waals surface area contributed by atoms with Gasteiger partial charge in [-0.25, -0.2) is 0 Å². The van der Waals surface area contributed by atoms with Crippen LogP contribution in [-0.2, 0) is 11.8 Å². The normalized spacial score (nSPS) is 36.0. The summed E-state index contributed by atoms with van der Waals surface area (Å²) in [7, 11) is 0. The van der Waals surface area contributed by atoms with Crippen molar-refractivity contribution < 1.29 is 19.7 Å². The van der Waals surface area contributed by atoms with Crippen molar-refractivity contribution in [1.29, 1.82) is 0 Å². The van der Waals surface area contributed by atoms with Crippen LogP contribution in [0.25, 0.3) is 0 Å². The molecule has 1 aromatic heterocycles. The van der Waals surface area contributed by atoms with Crippen LogP contribution in [0, 0.1) is 23.2 Å². The number of allylic oxidation sites excluding steroid dienone is 4. The minimum atomic E-state index is -0.647. The Morgan fingerprint density at radius 2 is 1.92 bits per heavy atom. The van der Waals surface area contributed by atoms with Crippen molar-refractivity contribution in [2.75, 3.05) is 0 Å². The van der Waals surface area contributed by atoms with Crippen LogP contribution in [0.3, 0.4) is 0 Å². The molecule has 0 saturated heterocycles. The minimum Gasteiger partial charge on any atom is -0.425 e. The van der Waals surface area contributed by atoms with Crippen molar-refractivity contribution in [2.24, 2.45) is 23.2 Å². The van der Waals surface area contributed by atoms with Gasteiger partial charge in [-0.05, 0) is 92.1 Å². The van der Waals surface area contributed by atoms with Crippen molar-refractivity contribution in [3.63, 3.8) is 0 Å². The third-order valence-electron chi connectivity index (χ3n) is 10.5. The Kier molecular flexibility index (Phi) is 8.38. The maximum Gasteiger partial charge on any atom is 0.225 e. The second kappa shape index (κ2) is 11.5. The van der Waals surface area contributed by atoms with Gasteiger partial charge in [0, 0.05) is 12.8 Å². The second-order valence-electron chi connectivity index (χ2n) is 13.1. The number of hydrogen-bond donors (Lipinski definition) is 3. The molecule has 0 aliphatic heterocycles. The fraction of sp³-hybridized carbons (Fsp3) is 0.697. The van der Waals surface area contributed by atoms with Crippen LogP contribution in [-0.4, -0.2) is 43.8 Å². The maximum absolute atomic E-state index is 11.2. The molecule has 1 aromatic rings. The van der Waals surface area contributed by atoms with Crippen LogP contribution in [0.4, 0.5) is 0 Å². The topological polar surface area (TPSA) is 99.6 Å². The lowest BCUT2D eigenvalue weighted by atomic mass is 9.61. The summed E-state index contributed by atoms with van der Waals surface area (Å²) in [5.74, 6) is 2.77. The molecule has 0 radical (unpaired) electrons. The quantitative estimate of drug-likeness (QED) is 0.328. The van der Waals surface area contributed by atoms with E-state index < -0.39 is 23.7 Å². The first kappa shape index (κ1) is 28.5. The number of aliphatic hydroxyl groups is 3. The predicted molar refractivity (Wildman–Crippen MR) is 153 cm³/mol. The highest BCUT2D eigenvalue weighted by Gasteiger charge is 2.54. The highest BCUT2D eigenvalue weighted by Crippen LogP contribution is 2.60. The Morgan fingerprint density at radius 3 is 2.67 bits per heavy atom. The molecule has 3 N–H and O–H groups in total. The molecule has 7 atom stereocenters. The van der Waals surface area contributed by atoms with Crippen LogP contribution >= 0.6 is 0 Å². The third kappa shape index (κ3) is 5.62. The third-order valence-corrected chi connectivity index (χ3v) is 10.5. The van der Waals surface area contributed by atoms with E-state index in [4.69, 9.17) is 4.42 Å². The first-order chi connectivity index (χ1) is 18.7. The molecule has 0 unspecified atom stereocenters. The average Bonchev–Trinajstić information content (AvgIpc) is 3.44. The van der Waals surface area contributed by atoms with E-state index in [-0.39, 0.29) is 5.41 Å². The number of aryl methyl sites for hydroxylation is 1. The Morgan fingerprint density at radius 1 is 1.13 bits per heavy atom. The molecule has 4 fully saturated rings. The van der Waals surface area contributed by atoms with Gasteiger partial charge in [-0.2, -0.15) is 0 Å². The van der Waals surface area contributed by atoms with Crippen molar-refractivity contribution in [3.05, 3.63) is 59.4 Å². The average molecular weight is 537 g/mol. The monoisotopic (exact) mass is 536 g/mol. The van der Waals surface area contributed by atoms with Crippen LogP contribution in [0.5, 0.6) is 0 Å². The van der Waals surface area contributed by atoms with E-state index in [0.717, 1.165) is 49.7 Å². The van der Waals surface area contributed by atoms with E-state index in [1.165, 1.54) is 31.3 Å². The molecule has 4 aliphatic carbocycles. The van der Waals surface area contributed by atoms with Gasteiger partial charge in [-0.3, -0.25) is 0 Å². The number of hydrogen-bond acceptors (Lipinski definition) is 6. The van der Waals surface area contributed by atoms with E-state index >= 15 is 0 Å². The number of aliphatic hydroxyl groups excluding tert-OH is 3. The van der Waals surface area contributed by atoms with Crippen molar-refractivity contribution in [3.8, 4) is 0 Å². The SMILES string of the molecule is C=C1C(=CC=C2CCC[C@]3(C)[C@@H]([C@H](C)C=C[C@H](O)C4(c5nnc(CCCC)o5)CC4)CC[C@@H]23)C[C@@H](O)C[C@@H]1O. The largest absolute Gasteiger partial charge is 0.425 e. The van der Waals surface area contributed by atoms with Crippen molar-refractivity contribution in [2.45, 2.75) is 122 Å². The second-order valence-corrected chi connectivity index (χ2v) is 13.1. The van der Waals surface area contributed by atoms with E-state index in [9.17, 15) is 15.3 Å². The summed E-state index contributed by atoms with van der Waals surface area (Å²) >= 11 is 0. The molecule has 0 amide bonds. The predicted octanol–water partition coefficient (Wildman–Crippen LogP) is 6.14. The lowest BCUT2D eigenvalue weighted by molar-refractivity contribution is 0.0862. The Balaban J connectivity index is 1.26. The molecule has 1 heterocycles. The standard InChI is InChI=1S/C33H48N2O4/c1-5-6-9-30-34-35-31(39-30)33(17-18-33)29(38)15-10-21(2)26-13-14-27-23(8-7-16-32(26,27)4)11-12-24-19-25(36)20-28(37)22(24)3/h10-12,15,21,25-29,36-38H,3,5-9,13-14,16-20H2,1-2,4H3/t21-,25-,26-,27+,28+,29+,32-/m1/s1. The highest BCUT2D eigenvalue weighted by atomic mass is 16.4. The molecule has 5 rings (SSSR count). The number of nitrogens with zero attached hydrogens (tertiary/aromatic N) is 2. The summed E-state index contributed by atoms with van der Waals surface area (Å²) in [5, 5.41) is 40.1. The summed E-state index contributed by atoms with van der Waals surface area (Å²) < 4.78 is 5.96. The molecule has 4 aliphatic rings. The van der Waals surface area contributed by atoms with Gasteiger partial charge in [-0.15, -0.1) is 10.2 Å². The molecule has 39 heavy (non-hydrogen) atoms. The Hall–Kier alpha value is -2.02. The van der Waals surface area contributed by atoms with Crippen LogP contribution in [0.15, 0.2) is 52.0 Å². The minimum absolute atomic E-state index is 0.234. The van der Waals surface area contributed by atoms with E-state index in [0.29, 0.717) is 42.4 Å². The molecule has 0 spiro atoms. The number of fused-ring (bicyclic) bond motifs is 1. The molecule has 6 nitrogen and oxygen atoms in total. The van der Waals surface area contributed by atoms with Gasteiger partial charge in [0.05, 0.1) is 23.7 Å².